The van der Waals surface area contributed by atoms with Crippen molar-refractivity contribution in [2.75, 3.05) is 26.3 Å². The topological polar surface area (TPSA) is 97.4 Å². The SMILES string of the molecule is O=C(NCc1ccc(F)cc1F)C1CN2C[C@H]3OC[C@H](COCc4ccccc4)N3C(=O)C2=C(OCc2ccccc2)C1=O. The molecule has 3 aliphatic heterocycles. The lowest BCUT2D eigenvalue weighted by Gasteiger charge is -2.44. The second-order valence-electron chi connectivity index (χ2n) is 10.9. The summed E-state index contributed by atoms with van der Waals surface area (Å²) in [4.78, 5) is 44.3. The Balaban J connectivity index is 1.22. The van der Waals surface area contributed by atoms with Crippen LogP contribution >= 0.6 is 0 Å². The third-order valence-corrected chi connectivity index (χ3v) is 7.91. The fourth-order valence-electron chi connectivity index (χ4n) is 5.63. The lowest BCUT2D eigenvalue weighted by atomic mass is 9.93. The Kier molecular flexibility index (Phi) is 8.67. The van der Waals surface area contributed by atoms with Crippen LogP contribution in [-0.4, -0.2) is 66.0 Å². The molecule has 1 N–H and O–H groups in total. The van der Waals surface area contributed by atoms with E-state index < -0.39 is 41.4 Å². The highest BCUT2D eigenvalue weighted by Crippen LogP contribution is 2.35. The van der Waals surface area contributed by atoms with E-state index in [9.17, 15) is 23.2 Å². The average molecular weight is 604 g/mol. The van der Waals surface area contributed by atoms with Crippen molar-refractivity contribution < 1.29 is 37.4 Å². The van der Waals surface area contributed by atoms with Gasteiger partial charge in [0.25, 0.3) is 5.91 Å². The first kappa shape index (κ1) is 29.5. The number of ketones is 1. The zero-order chi connectivity index (χ0) is 30.6. The highest BCUT2D eigenvalue weighted by Gasteiger charge is 2.51. The van der Waals surface area contributed by atoms with Crippen molar-refractivity contribution in [1.29, 1.82) is 0 Å². The largest absolute Gasteiger partial charge is 0.483 e. The fraction of sp³-hybridized carbons (Fsp3) is 0.303. The van der Waals surface area contributed by atoms with Gasteiger partial charge in [-0.2, -0.15) is 0 Å². The van der Waals surface area contributed by atoms with E-state index in [1.807, 2.05) is 60.7 Å². The minimum atomic E-state index is -1.22. The molecular formula is C33H31F2N3O6. The molecule has 0 saturated carbocycles. The second-order valence-corrected chi connectivity index (χ2v) is 10.9. The number of carbonyl (C=O) groups excluding carboxylic acids is 3. The molecule has 11 heteroatoms. The maximum atomic E-state index is 14.2. The summed E-state index contributed by atoms with van der Waals surface area (Å²) in [6.07, 6.45) is -0.600. The quantitative estimate of drug-likeness (QED) is 0.356. The van der Waals surface area contributed by atoms with E-state index in [0.29, 0.717) is 6.61 Å². The molecule has 6 rings (SSSR count). The normalized spacial score (nSPS) is 21.3. The average Bonchev–Trinajstić information content (AvgIpc) is 3.44. The molecule has 0 spiro atoms. The van der Waals surface area contributed by atoms with Crippen molar-refractivity contribution in [3.05, 3.63) is 119 Å². The smallest absolute Gasteiger partial charge is 0.276 e. The van der Waals surface area contributed by atoms with Crippen LogP contribution in [-0.2, 0) is 48.4 Å². The summed E-state index contributed by atoms with van der Waals surface area (Å²) < 4.78 is 45.4. The third kappa shape index (κ3) is 6.20. The number of nitrogens with one attached hydrogen (secondary N) is 1. The number of nitrogens with zero attached hydrogens (tertiary/aromatic N) is 2. The molecule has 0 radical (unpaired) electrons. The van der Waals surface area contributed by atoms with Crippen LogP contribution < -0.4 is 5.32 Å². The van der Waals surface area contributed by atoms with E-state index in [-0.39, 0.29) is 62.5 Å². The van der Waals surface area contributed by atoms with Gasteiger partial charge < -0.3 is 29.3 Å². The van der Waals surface area contributed by atoms with Gasteiger partial charge in [0.15, 0.2) is 12.0 Å². The first-order valence-electron chi connectivity index (χ1n) is 14.4. The van der Waals surface area contributed by atoms with E-state index in [1.54, 1.807) is 9.80 Å². The molecule has 1 unspecified atom stereocenters. The van der Waals surface area contributed by atoms with Crippen LogP contribution in [0.5, 0.6) is 0 Å². The van der Waals surface area contributed by atoms with Gasteiger partial charge in [0, 0.05) is 24.7 Å². The maximum Gasteiger partial charge on any atom is 0.276 e. The molecule has 2 amide bonds. The van der Waals surface area contributed by atoms with E-state index >= 15 is 0 Å². The van der Waals surface area contributed by atoms with Gasteiger partial charge in [-0.15, -0.1) is 0 Å². The number of Topliss-reactive ketones (excluding diaryl/α,β-unsaturated/α-hetero) is 1. The van der Waals surface area contributed by atoms with E-state index in [2.05, 4.69) is 5.32 Å². The first-order valence-corrected chi connectivity index (χ1v) is 14.4. The van der Waals surface area contributed by atoms with Crippen LogP contribution in [0.4, 0.5) is 8.78 Å². The Labute approximate surface area is 253 Å². The number of carbonyl (C=O) groups is 3. The molecule has 0 bridgehead atoms. The summed E-state index contributed by atoms with van der Waals surface area (Å²) in [7, 11) is 0. The molecule has 0 aromatic heterocycles. The number of ether oxygens (including phenoxy) is 3. The Morgan fingerprint density at radius 2 is 1.64 bits per heavy atom. The summed E-state index contributed by atoms with van der Waals surface area (Å²) in [5.74, 6) is -4.71. The van der Waals surface area contributed by atoms with Crippen molar-refractivity contribution in [1.82, 2.24) is 15.1 Å². The van der Waals surface area contributed by atoms with Crippen LogP contribution in [0.25, 0.3) is 0 Å². The van der Waals surface area contributed by atoms with Gasteiger partial charge in [0.05, 0.1) is 32.4 Å². The number of hydrogen-bond acceptors (Lipinski definition) is 7. The first-order chi connectivity index (χ1) is 21.4. The highest BCUT2D eigenvalue weighted by atomic mass is 19.1. The van der Waals surface area contributed by atoms with Crippen LogP contribution in [0.2, 0.25) is 0 Å². The predicted octanol–water partition coefficient (Wildman–Crippen LogP) is 3.29. The standard InChI is InChI=1S/C33H31F2N3O6/c34-24-12-11-23(27(35)13-24)14-36-32(40)26-15-37-16-28-38(25(20-43-28)19-42-17-21-7-3-1-4-8-21)33(41)29(37)31(30(26)39)44-18-22-9-5-2-6-10-22/h1-13,25-26,28H,14-20H2,(H,36,40)/t25-,26?,28+/m0/s1. The molecule has 2 saturated heterocycles. The summed E-state index contributed by atoms with van der Waals surface area (Å²) in [5.41, 5.74) is 1.93. The molecule has 228 valence electrons. The molecule has 9 nitrogen and oxygen atoms in total. The molecule has 0 aliphatic carbocycles. The lowest BCUT2D eigenvalue weighted by molar-refractivity contribution is -0.149. The number of amides is 2. The van der Waals surface area contributed by atoms with E-state index in [0.717, 1.165) is 23.3 Å². The summed E-state index contributed by atoms with van der Waals surface area (Å²) in [6, 6.07) is 21.5. The number of rotatable bonds is 10. The molecule has 3 atom stereocenters. The number of halogens is 2. The van der Waals surface area contributed by atoms with Gasteiger partial charge in [-0.25, -0.2) is 8.78 Å². The van der Waals surface area contributed by atoms with Gasteiger partial charge in [-0.1, -0.05) is 66.7 Å². The summed E-state index contributed by atoms with van der Waals surface area (Å²) >= 11 is 0. The van der Waals surface area contributed by atoms with Gasteiger partial charge in [-0.3, -0.25) is 14.4 Å². The molecule has 44 heavy (non-hydrogen) atoms. The Hall–Kier alpha value is -4.61. The Bertz CT molecular complexity index is 1570. The van der Waals surface area contributed by atoms with Crippen LogP contribution in [0.3, 0.4) is 0 Å². The maximum absolute atomic E-state index is 14.2. The molecule has 3 heterocycles. The van der Waals surface area contributed by atoms with Crippen molar-refractivity contribution in [2.45, 2.75) is 32.0 Å². The number of benzene rings is 3. The van der Waals surface area contributed by atoms with Gasteiger partial charge in [0.2, 0.25) is 11.7 Å². The molecule has 3 aromatic carbocycles. The monoisotopic (exact) mass is 603 g/mol. The van der Waals surface area contributed by atoms with Crippen molar-refractivity contribution in [3.8, 4) is 0 Å². The molecular weight excluding hydrogens is 572 g/mol. The highest BCUT2D eigenvalue weighted by molar-refractivity contribution is 6.14. The summed E-state index contributed by atoms with van der Waals surface area (Å²) in [6.45, 7) is 0.773. The Morgan fingerprint density at radius 1 is 0.932 bits per heavy atom. The minimum absolute atomic E-state index is 0.00517. The zero-order valence-electron chi connectivity index (χ0n) is 23.8. The number of piperazine rings is 1. The molecule has 2 fully saturated rings. The number of hydrogen-bond donors (Lipinski definition) is 1. The number of allylic oxidation sites excluding steroid dienone is 1. The second kappa shape index (κ2) is 12.9. The predicted molar refractivity (Wildman–Crippen MR) is 153 cm³/mol. The van der Waals surface area contributed by atoms with Crippen LogP contribution in [0.15, 0.2) is 90.3 Å². The summed E-state index contributed by atoms with van der Waals surface area (Å²) in [5, 5.41) is 2.58. The van der Waals surface area contributed by atoms with Gasteiger partial charge in [-0.05, 0) is 17.2 Å². The van der Waals surface area contributed by atoms with Crippen LogP contribution in [0, 0.1) is 17.6 Å². The van der Waals surface area contributed by atoms with Gasteiger partial charge >= 0.3 is 0 Å². The fourth-order valence-corrected chi connectivity index (χ4v) is 5.63. The van der Waals surface area contributed by atoms with E-state index in [4.69, 9.17) is 14.2 Å². The Morgan fingerprint density at radius 3 is 2.34 bits per heavy atom. The van der Waals surface area contributed by atoms with Crippen molar-refractivity contribution >= 4 is 17.6 Å². The zero-order valence-corrected chi connectivity index (χ0v) is 23.8. The number of fused-ring (bicyclic) bond motifs is 2. The van der Waals surface area contributed by atoms with Gasteiger partial charge in [0.1, 0.15) is 29.9 Å². The van der Waals surface area contributed by atoms with Crippen molar-refractivity contribution in [3.63, 3.8) is 0 Å². The van der Waals surface area contributed by atoms with Crippen LogP contribution in [0.1, 0.15) is 16.7 Å². The molecule has 3 aliphatic rings. The van der Waals surface area contributed by atoms with E-state index in [1.165, 1.54) is 6.07 Å². The van der Waals surface area contributed by atoms with Crippen molar-refractivity contribution in [2.24, 2.45) is 5.92 Å². The third-order valence-electron chi connectivity index (χ3n) is 7.91. The lowest BCUT2D eigenvalue weighted by Crippen LogP contribution is -2.60. The molecule has 3 aromatic rings. The minimum Gasteiger partial charge on any atom is -0.483 e.